The molecule has 0 aromatic heterocycles. The molecule has 1 aromatic carbocycles. The van der Waals surface area contributed by atoms with Crippen molar-refractivity contribution in [3.8, 4) is 5.75 Å². The van der Waals surface area contributed by atoms with Crippen molar-refractivity contribution in [3.63, 3.8) is 0 Å². The lowest BCUT2D eigenvalue weighted by molar-refractivity contribution is -0.119. The number of hydrogen-bond donors (Lipinski definition) is 2. The van der Waals surface area contributed by atoms with Crippen LogP contribution in [0.2, 0.25) is 0 Å². The number of nitrogens with two attached hydrogens (primary N) is 1. The molecule has 1 aliphatic rings. The standard InChI is InChI=1S/C16H24N2O3/c1-2-8-21-14-5-3-4-13(11-14)18-16(19)15(17)12-6-9-20-10-7-12/h3-5,11-12,15H,2,6-10,17H2,1H3,(H,18,19). The summed E-state index contributed by atoms with van der Waals surface area (Å²) in [5.74, 6) is 0.808. The van der Waals surface area contributed by atoms with E-state index in [0.29, 0.717) is 19.8 Å². The molecular formula is C16H24N2O3. The number of carbonyl (C=O) groups is 1. The van der Waals surface area contributed by atoms with E-state index in [1.54, 1.807) is 0 Å². The maximum Gasteiger partial charge on any atom is 0.241 e. The number of rotatable bonds is 6. The summed E-state index contributed by atoms with van der Waals surface area (Å²) in [5, 5.41) is 2.87. The summed E-state index contributed by atoms with van der Waals surface area (Å²) in [6, 6.07) is 6.91. The summed E-state index contributed by atoms with van der Waals surface area (Å²) in [6.07, 6.45) is 2.63. The summed E-state index contributed by atoms with van der Waals surface area (Å²) in [5.41, 5.74) is 6.78. The van der Waals surface area contributed by atoms with Gasteiger partial charge in [-0.15, -0.1) is 0 Å². The summed E-state index contributed by atoms with van der Waals surface area (Å²) in [4.78, 5) is 12.2. The van der Waals surface area contributed by atoms with E-state index in [1.807, 2.05) is 24.3 Å². The Labute approximate surface area is 125 Å². The molecule has 116 valence electrons. The highest BCUT2D eigenvalue weighted by Gasteiger charge is 2.26. The third-order valence-electron chi connectivity index (χ3n) is 3.65. The molecule has 0 aliphatic carbocycles. The Hall–Kier alpha value is -1.59. The first-order valence-corrected chi connectivity index (χ1v) is 7.57. The van der Waals surface area contributed by atoms with Crippen molar-refractivity contribution in [1.29, 1.82) is 0 Å². The molecule has 1 fully saturated rings. The molecule has 1 amide bonds. The number of ether oxygens (including phenoxy) is 2. The lowest BCUT2D eigenvalue weighted by Gasteiger charge is -2.26. The van der Waals surface area contributed by atoms with Gasteiger partial charge in [-0.05, 0) is 37.3 Å². The highest BCUT2D eigenvalue weighted by atomic mass is 16.5. The second kappa shape index (κ2) is 8.00. The van der Waals surface area contributed by atoms with Crippen molar-refractivity contribution in [1.82, 2.24) is 0 Å². The zero-order valence-corrected chi connectivity index (χ0v) is 12.5. The van der Waals surface area contributed by atoms with Crippen molar-refractivity contribution >= 4 is 11.6 Å². The van der Waals surface area contributed by atoms with E-state index in [2.05, 4.69) is 12.2 Å². The fourth-order valence-electron chi connectivity index (χ4n) is 2.40. The minimum Gasteiger partial charge on any atom is -0.494 e. The van der Waals surface area contributed by atoms with Crippen molar-refractivity contribution in [2.24, 2.45) is 11.7 Å². The van der Waals surface area contributed by atoms with E-state index in [-0.39, 0.29) is 11.8 Å². The number of benzene rings is 1. The Kier molecular flexibility index (Phi) is 6.02. The van der Waals surface area contributed by atoms with E-state index in [4.69, 9.17) is 15.2 Å². The van der Waals surface area contributed by atoms with Crippen LogP contribution in [-0.4, -0.2) is 31.8 Å². The Morgan fingerprint density at radius 2 is 2.24 bits per heavy atom. The molecule has 5 heteroatoms. The smallest absolute Gasteiger partial charge is 0.241 e. The highest BCUT2D eigenvalue weighted by Crippen LogP contribution is 2.21. The molecule has 0 bridgehead atoms. The zero-order chi connectivity index (χ0) is 15.1. The van der Waals surface area contributed by atoms with Crippen LogP contribution in [0.15, 0.2) is 24.3 Å². The van der Waals surface area contributed by atoms with Gasteiger partial charge in [0.25, 0.3) is 0 Å². The lowest BCUT2D eigenvalue weighted by atomic mass is 9.92. The van der Waals surface area contributed by atoms with Crippen molar-refractivity contribution in [2.45, 2.75) is 32.2 Å². The molecule has 2 rings (SSSR count). The Morgan fingerprint density at radius 3 is 2.95 bits per heavy atom. The number of anilines is 1. The average molecular weight is 292 g/mol. The van der Waals surface area contributed by atoms with E-state index in [1.165, 1.54) is 0 Å². The van der Waals surface area contributed by atoms with Crippen molar-refractivity contribution in [2.75, 3.05) is 25.1 Å². The van der Waals surface area contributed by atoms with Gasteiger partial charge in [0.1, 0.15) is 5.75 Å². The van der Waals surface area contributed by atoms with Gasteiger partial charge in [0.15, 0.2) is 0 Å². The fraction of sp³-hybridized carbons (Fsp3) is 0.562. The second-order valence-electron chi connectivity index (χ2n) is 5.34. The van der Waals surface area contributed by atoms with Crippen LogP contribution in [0, 0.1) is 5.92 Å². The van der Waals surface area contributed by atoms with Gasteiger partial charge in [0, 0.05) is 25.0 Å². The van der Waals surface area contributed by atoms with E-state index >= 15 is 0 Å². The maximum absolute atomic E-state index is 12.2. The van der Waals surface area contributed by atoms with Gasteiger partial charge in [0.05, 0.1) is 12.6 Å². The number of carbonyl (C=O) groups excluding carboxylic acids is 1. The summed E-state index contributed by atoms with van der Waals surface area (Å²) < 4.78 is 10.9. The molecule has 5 nitrogen and oxygen atoms in total. The summed E-state index contributed by atoms with van der Waals surface area (Å²) >= 11 is 0. The predicted octanol–water partition coefficient (Wildman–Crippen LogP) is 2.17. The molecule has 1 aromatic rings. The van der Waals surface area contributed by atoms with E-state index < -0.39 is 6.04 Å². The van der Waals surface area contributed by atoms with Crippen LogP contribution in [0.4, 0.5) is 5.69 Å². The van der Waals surface area contributed by atoms with Gasteiger partial charge >= 0.3 is 0 Å². The van der Waals surface area contributed by atoms with Crippen LogP contribution < -0.4 is 15.8 Å². The van der Waals surface area contributed by atoms with E-state index in [0.717, 1.165) is 30.7 Å². The first kappa shape index (κ1) is 15.8. The topological polar surface area (TPSA) is 73.6 Å². The molecule has 3 N–H and O–H groups in total. The molecule has 1 atom stereocenters. The fourth-order valence-corrected chi connectivity index (χ4v) is 2.40. The average Bonchev–Trinajstić information content (AvgIpc) is 2.53. The van der Waals surface area contributed by atoms with Crippen LogP contribution >= 0.6 is 0 Å². The SMILES string of the molecule is CCCOc1cccc(NC(=O)C(N)C2CCOCC2)c1. The first-order chi connectivity index (χ1) is 10.2. The van der Waals surface area contributed by atoms with Gasteiger partial charge in [-0.2, -0.15) is 0 Å². The molecule has 1 unspecified atom stereocenters. The minimum atomic E-state index is -0.492. The summed E-state index contributed by atoms with van der Waals surface area (Å²) in [6.45, 7) is 4.09. The largest absolute Gasteiger partial charge is 0.494 e. The number of amides is 1. The molecule has 1 saturated heterocycles. The van der Waals surface area contributed by atoms with Gasteiger partial charge in [-0.1, -0.05) is 13.0 Å². The molecular weight excluding hydrogens is 268 g/mol. The monoisotopic (exact) mass is 292 g/mol. The van der Waals surface area contributed by atoms with Crippen LogP contribution in [0.5, 0.6) is 5.75 Å². The minimum absolute atomic E-state index is 0.144. The lowest BCUT2D eigenvalue weighted by Crippen LogP contribution is -2.43. The van der Waals surface area contributed by atoms with Gasteiger partial charge in [0.2, 0.25) is 5.91 Å². The van der Waals surface area contributed by atoms with Gasteiger partial charge in [-0.25, -0.2) is 0 Å². The maximum atomic E-state index is 12.2. The van der Waals surface area contributed by atoms with Gasteiger partial charge in [-0.3, -0.25) is 4.79 Å². The molecule has 1 aliphatic heterocycles. The Bertz CT molecular complexity index is 459. The first-order valence-electron chi connectivity index (χ1n) is 7.57. The van der Waals surface area contributed by atoms with Crippen molar-refractivity contribution < 1.29 is 14.3 Å². The number of hydrogen-bond acceptors (Lipinski definition) is 4. The van der Waals surface area contributed by atoms with Crippen LogP contribution in [0.25, 0.3) is 0 Å². The highest BCUT2D eigenvalue weighted by molar-refractivity contribution is 5.95. The third-order valence-corrected chi connectivity index (χ3v) is 3.65. The molecule has 21 heavy (non-hydrogen) atoms. The Morgan fingerprint density at radius 1 is 1.48 bits per heavy atom. The summed E-state index contributed by atoms with van der Waals surface area (Å²) in [7, 11) is 0. The molecule has 0 saturated carbocycles. The molecule has 0 spiro atoms. The third kappa shape index (κ3) is 4.72. The van der Waals surface area contributed by atoms with E-state index in [9.17, 15) is 4.79 Å². The molecule has 0 radical (unpaired) electrons. The van der Waals surface area contributed by atoms with Crippen molar-refractivity contribution in [3.05, 3.63) is 24.3 Å². The molecule has 1 heterocycles. The quantitative estimate of drug-likeness (QED) is 0.842. The zero-order valence-electron chi connectivity index (χ0n) is 12.5. The van der Waals surface area contributed by atoms with Gasteiger partial charge < -0.3 is 20.5 Å². The Balaban J connectivity index is 1.91. The van der Waals surface area contributed by atoms with Crippen LogP contribution in [0.3, 0.4) is 0 Å². The number of nitrogens with one attached hydrogen (secondary N) is 1. The predicted molar refractivity (Wildman–Crippen MR) is 82.4 cm³/mol. The second-order valence-corrected chi connectivity index (χ2v) is 5.34. The normalized spacial score (nSPS) is 17.2. The van der Waals surface area contributed by atoms with Crippen LogP contribution in [-0.2, 0) is 9.53 Å². The van der Waals surface area contributed by atoms with Crippen LogP contribution in [0.1, 0.15) is 26.2 Å².